The van der Waals surface area contributed by atoms with Crippen LogP contribution in [-0.2, 0) is 4.79 Å². The number of thiazole rings is 1. The third kappa shape index (κ3) is 3.70. The number of para-hydroxylation sites is 2. The van der Waals surface area contributed by atoms with E-state index in [0.29, 0.717) is 27.6 Å². The van der Waals surface area contributed by atoms with Crippen LogP contribution in [0.2, 0.25) is 0 Å². The van der Waals surface area contributed by atoms with Crippen molar-refractivity contribution < 1.29 is 4.79 Å². The van der Waals surface area contributed by atoms with E-state index in [4.69, 9.17) is 0 Å². The molecule has 0 saturated heterocycles. The molecule has 0 N–H and O–H groups in total. The Balaban J connectivity index is 1.68. The number of nitrogens with zero attached hydrogens (tertiary/aromatic N) is 5. The third-order valence-corrected chi connectivity index (χ3v) is 5.10. The lowest BCUT2D eigenvalue weighted by Crippen LogP contribution is -2.22. The molecule has 0 fully saturated rings. The fourth-order valence-corrected chi connectivity index (χ4v) is 3.77. The Morgan fingerprint density at radius 2 is 1.83 bits per heavy atom. The molecule has 0 aliphatic rings. The van der Waals surface area contributed by atoms with Crippen molar-refractivity contribution >= 4 is 45.2 Å². The number of amides is 1. The molecule has 7 nitrogen and oxygen atoms in total. The predicted molar refractivity (Wildman–Crippen MR) is 115 cm³/mol. The number of carbonyl (C=O) groups is 1. The molecule has 4 rings (SSSR count). The van der Waals surface area contributed by atoms with E-state index in [1.54, 1.807) is 30.5 Å². The zero-order valence-corrected chi connectivity index (χ0v) is 16.6. The van der Waals surface area contributed by atoms with Crippen molar-refractivity contribution in [3.05, 3.63) is 81.8 Å². The summed E-state index contributed by atoms with van der Waals surface area (Å²) in [7, 11) is 0. The minimum atomic E-state index is -0.241. The van der Waals surface area contributed by atoms with Gasteiger partial charge in [-0.25, -0.2) is 9.97 Å². The molecule has 0 unspecified atom stereocenters. The summed E-state index contributed by atoms with van der Waals surface area (Å²) in [6, 6.07) is 16.5. The minimum absolute atomic E-state index is 0.139. The van der Waals surface area contributed by atoms with E-state index >= 15 is 0 Å². The van der Waals surface area contributed by atoms with Crippen molar-refractivity contribution in [3.63, 3.8) is 0 Å². The van der Waals surface area contributed by atoms with E-state index < -0.39 is 0 Å². The summed E-state index contributed by atoms with van der Waals surface area (Å²) in [5.41, 5.74) is 1.68. The predicted octanol–water partition coefficient (Wildman–Crippen LogP) is 3.73. The Morgan fingerprint density at radius 1 is 1.10 bits per heavy atom. The van der Waals surface area contributed by atoms with E-state index in [1.165, 1.54) is 34.1 Å². The number of benzene rings is 2. The summed E-state index contributed by atoms with van der Waals surface area (Å²) >= 11 is 1.33. The van der Waals surface area contributed by atoms with Crippen LogP contribution in [0.4, 0.5) is 10.8 Å². The topological polar surface area (TPSA) is 80.5 Å². The number of rotatable bonds is 4. The van der Waals surface area contributed by atoms with Gasteiger partial charge in [0.05, 0.1) is 28.5 Å². The summed E-state index contributed by atoms with van der Waals surface area (Å²) < 4.78 is 1.25. The number of anilines is 2. The Kier molecular flexibility index (Phi) is 5.01. The molecular weight excluding hydrogens is 386 g/mol. The van der Waals surface area contributed by atoms with Crippen LogP contribution in [-0.4, -0.2) is 26.8 Å². The van der Waals surface area contributed by atoms with Gasteiger partial charge in [-0.05, 0) is 31.2 Å². The maximum atomic E-state index is 12.7. The summed E-state index contributed by atoms with van der Waals surface area (Å²) in [5, 5.41) is 7.09. The maximum absolute atomic E-state index is 12.7. The monoisotopic (exact) mass is 403 g/mol. The lowest BCUT2D eigenvalue weighted by atomic mass is 10.2. The van der Waals surface area contributed by atoms with Crippen molar-refractivity contribution in [2.45, 2.75) is 13.8 Å². The molecule has 0 radical (unpaired) electrons. The fourth-order valence-electron chi connectivity index (χ4n) is 2.93. The number of carbonyl (C=O) groups excluding carboxylic acids is 1. The van der Waals surface area contributed by atoms with E-state index in [9.17, 15) is 9.59 Å². The van der Waals surface area contributed by atoms with Crippen LogP contribution in [0.15, 0.2) is 69.9 Å². The van der Waals surface area contributed by atoms with Crippen molar-refractivity contribution in [1.29, 1.82) is 0 Å². The van der Waals surface area contributed by atoms with Gasteiger partial charge in [-0.2, -0.15) is 9.78 Å². The van der Waals surface area contributed by atoms with E-state index in [0.717, 1.165) is 5.69 Å². The summed E-state index contributed by atoms with van der Waals surface area (Å²) in [5.74, 6) is 0.342. The molecule has 29 heavy (non-hydrogen) atoms. The lowest BCUT2D eigenvalue weighted by molar-refractivity contribution is -0.115. The molecule has 8 heteroatoms. The summed E-state index contributed by atoms with van der Waals surface area (Å²) in [6.07, 6.45) is 1.49. The molecule has 0 aliphatic carbocycles. The second-order valence-corrected chi connectivity index (χ2v) is 7.12. The van der Waals surface area contributed by atoms with Crippen molar-refractivity contribution in [1.82, 2.24) is 14.6 Å². The van der Waals surface area contributed by atoms with E-state index in [-0.39, 0.29) is 11.5 Å². The van der Waals surface area contributed by atoms with Crippen molar-refractivity contribution in [2.75, 3.05) is 4.90 Å². The second-order valence-electron chi connectivity index (χ2n) is 6.28. The SMILES string of the molecule is CC(=O)N(c1ccccc1)c1nc(/C=N\n2c(C)nc3ccccc3c2=O)cs1. The highest BCUT2D eigenvalue weighted by atomic mass is 32.1. The summed E-state index contributed by atoms with van der Waals surface area (Å²) in [6.45, 7) is 3.22. The van der Waals surface area contributed by atoms with Gasteiger partial charge in [0.1, 0.15) is 5.82 Å². The average molecular weight is 403 g/mol. The Morgan fingerprint density at radius 3 is 2.59 bits per heavy atom. The van der Waals surface area contributed by atoms with Crippen LogP contribution in [0.25, 0.3) is 10.9 Å². The molecule has 0 spiro atoms. The number of hydrogen-bond acceptors (Lipinski definition) is 6. The largest absolute Gasteiger partial charge is 0.282 e. The van der Waals surface area contributed by atoms with Gasteiger partial charge in [-0.1, -0.05) is 30.3 Å². The molecule has 2 heterocycles. The number of aromatic nitrogens is 3. The molecule has 0 atom stereocenters. The molecule has 0 bridgehead atoms. The van der Waals surface area contributed by atoms with Gasteiger partial charge >= 0.3 is 0 Å². The van der Waals surface area contributed by atoms with Crippen molar-refractivity contribution in [2.24, 2.45) is 5.10 Å². The molecule has 0 aliphatic heterocycles. The van der Waals surface area contributed by atoms with Gasteiger partial charge in [0.2, 0.25) is 5.91 Å². The first-order valence-electron chi connectivity index (χ1n) is 8.88. The smallest absolute Gasteiger partial charge is 0.274 e. The fraction of sp³-hybridized carbons (Fsp3) is 0.0952. The van der Waals surface area contributed by atoms with Gasteiger partial charge in [-0.15, -0.1) is 11.3 Å². The van der Waals surface area contributed by atoms with Crippen LogP contribution in [0.3, 0.4) is 0 Å². The highest BCUT2D eigenvalue weighted by Crippen LogP contribution is 2.28. The Labute approximate surface area is 170 Å². The quantitative estimate of drug-likeness (QED) is 0.486. The van der Waals surface area contributed by atoms with Crippen LogP contribution in [0, 0.1) is 6.92 Å². The molecule has 4 aromatic rings. The molecular formula is C21H17N5O2S. The van der Waals surface area contributed by atoms with Crippen LogP contribution in [0.5, 0.6) is 0 Å². The Bertz CT molecular complexity index is 1280. The molecule has 0 saturated carbocycles. The van der Waals surface area contributed by atoms with E-state index in [2.05, 4.69) is 15.1 Å². The minimum Gasteiger partial charge on any atom is -0.274 e. The zero-order valence-electron chi connectivity index (χ0n) is 15.8. The van der Waals surface area contributed by atoms with Gasteiger partial charge in [0.15, 0.2) is 5.13 Å². The molecule has 144 valence electrons. The third-order valence-electron chi connectivity index (χ3n) is 4.25. The normalized spacial score (nSPS) is 11.2. The zero-order chi connectivity index (χ0) is 20.4. The number of fused-ring (bicyclic) bond motifs is 1. The average Bonchev–Trinajstić information content (AvgIpc) is 3.17. The lowest BCUT2D eigenvalue weighted by Gasteiger charge is -2.17. The molecule has 2 aromatic carbocycles. The highest BCUT2D eigenvalue weighted by molar-refractivity contribution is 7.14. The summed E-state index contributed by atoms with van der Waals surface area (Å²) in [4.78, 5) is 35.3. The molecule has 1 amide bonds. The van der Waals surface area contributed by atoms with Crippen LogP contribution in [0.1, 0.15) is 18.4 Å². The van der Waals surface area contributed by atoms with Gasteiger partial charge in [-0.3, -0.25) is 14.5 Å². The van der Waals surface area contributed by atoms with Gasteiger partial charge in [0, 0.05) is 12.3 Å². The van der Waals surface area contributed by atoms with Crippen LogP contribution < -0.4 is 10.5 Å². The first-order valence-corrected chi connectivity index (χ1v) is 9.76. The number of aryl methyl sites for hydroxylation is 1. The first kappa shape index (κ1) is 18.7. The van der Waals surface area contributed by atoms with Crippen molar-refractivity contribution in [3.8, 4) is 0 Å². The molecule has 2 aromatic heterocycles. The van der Waals surface area contributed by atoms with Crippen LogP contribution >= 0.6 is 11.3 Å². The highest BCUT2D eigenvalue weighted by Gasteiger charge is 2.17. The standard InChI is InChI=1S/C21H17N5O2S/c1-14-23-19-11-7-6-10-18(19)20(28)26(14)22-12-16-13-29-21(24-16)25(15(2)27)17-8-4-3-5-9-17/h3-13H,1-2H3/b22-12-. The second kappa shape index (κ2) is 7.76. The maximum Gasteiger partial charge on any atom is 0.282 e. The Hall–Kier alpha value is -3.65. The number of hydrogen-bond donors (Lipinski definition) is 0. The first-order chi connectivity index (χ1) is 14.0. The van der Waals surface area contributed by atoms with E-state index in [1.807, 2.05) is 36.4 Å². The van der Waals surface area contributed by atoms with Gasteiger partial charge in [0.25, 0.3) is 5.56 Å². The van der Waals surface area contributed by atoms with Gasteiger partial charge < -0.3 is 0 Å².